The molecule has 1 unspecified atom stereocenters. The lowest BCUT2D eigenvalue weighted by Crippen LogP contribution is -2.39. The molecule has 2 rings (SSSR count). The second-order valence-electron chi connectivity index (χ2n) is 6.54. The molecule has 0 aliphatic carbocycles. The van der Waals surface area contributed by atoms with Crippen LogP contribution in [0.1, 0.15) is 50.2 Å². The van der Waals surface area contributed by atoms with Crippen molar-refractivity contribution in [2.45, 2.75) is 44.6 Å². The number of carboxylic acid groups (broad SMARTS) is 1. The summed E-state index contributed by atoms with van der Waals surface area (Å²) in [5.41, 5.74) is 1.09. The Kier molecular flexibility index (Phi) is 8.94. The monoisotopic (exact) mass is 360 g/mol. The molecule has 0 spiro atoms. The first-order valence-corrected chi connectivity index (χ1v) is 9.34. The Morgan fingerprint density at radius 2 is 2.04 bits per heavy atom. The van der Waals surface area contributed by atoms with Gasteiger partial charge in [0, 0.05) is 26.1 Å². The smallest absolute Gasteiger partial charge is 0.304 e. The predicted molar refractivity (Wildman–Crippen MR) is 98.0 cm³/mol. The van der Waals surface area contributed by atoms with E-state index in [-0.39, 0.29) is 12.5 Å². The predicted octanol–water partition coefficient (Wildman–Crippen LogP) is 3.39. The zero-order chi connectivity index (χ0) is 18.6. The maximum atomic E-state index is 10.7. The van der Waals surface area contributed by atoms with E-state index in [1.807, 2.05) is 24.3 Å². The van der Waals surface area contributed by atoms with E-state index in [1.165, 1.54) is 0 Å². The van der Waals surface area contributed by atoms with Crippen molar-refractivity contribution in [3.8, 4) is 11.8 Å². The number of rotatable bonds is 11. The van der Waals surface area contributed by atoms with Crippen LogP contribution in [0.5, 0.6) is 5.75 Å². The van der Waals surface area contributed by atoms with Crippen LogP contribution in [0, 0.1) is 11.3 Å². The molecular weight excluding hydrogens is 332 g/mol. The van der Waals surface area contributed by atoms with Crippen LogP contribution in [0.3, 0.4) is 0 Å². The topological polar surface area (TPSA) is 82.8 Å². The van der Waals surface area contributed by atoms with Gasteiger partial charge in [0.05, 0.1) is 31.8 Å². The highest BCUT2D eigenvalue weighted by Gasteiger charge is 2.22. The van der Waals surface area contributed by atoms with Gasteiger partial charge in [-0.25, -0.2) is 0 Å². The molecule has 1 saturated heterocycles. The van der Waals surface area contributed by atoms with Gasteiger partial charge in [0.25, 0.3) is 0 Å². The number of ether oxygens (including phenoxy) is 2. The highest BCUT2D eigenvalue weighted by molar-refractivity contribution is 5.66. The van der Waals surface area contributed by atoms with Crippen molar-refractivity contribution in [3.63, 3.8) is 0 Å². The molecule has 1 aromatic rings. The van der Waals surface area contributed by atoms with Gasteiger partial charge in [-0.2, -0.15) is 5.26 Å². The van der Waals surface area contributed by atoms with E-state index in [0.29, 0.717) is 26.2 Å². The lowest BCUT2D eigenvalue weighted by atomic mass is 10.1. The Hall–Kier alpha value is -2.10. The van der Waals surface area contributed by atoms with Crippen LogP contribution in [0.25, 0.3) is 0 Å². The van der Waals surface area contributed by atoms with E-state index in [1.54, 1.807) is 0 Å². The standard InChI is InChI=1S/C20H28N2O4/c21-11-4-2-1-3-5-14-25-18-8-6-17(7-9-18)19-16-22(13-15-26-19)12-10-20(23)24/h6-9,19H,1-5,10,12-16H2,(H,23,24). The normalized spacial score (nSPS) is 17.6. The highest BCUT2D eigenvalue weighted by Crippen LogP contribution is 2.24. The molecule has 142 valence electrons. The molecule has 0 saturated carbocycles. The molecule has 1 aliphatic rings. The van der Waals surface area contributed by atoms with Crippen LogP contribution in [0.4, 0.5) is 0 Å². The van der Waals surface area contributed by atoms with Crippen molar-refractivity contribution in [1.82, 2.24) is 4.90 Å². The number of hydrogen-bond acceptors (Lipinski definition) is 5. The molecule has 0 amide bonds. The van der Waals surface area contributed by atoms with Crippen LogP contribution in [-0.4, -0.2) is 48.8 Å². The van der Waals surface area contributed by atoms with Gasteiger partial charge in [-0.15, -0.1) is 0 Å². The zero-order valence-corrected chi connectivity index (χ0v) is 15.2. The van der Waals surface area contributed by atoms with Gasteiger partial charge in [-0.05, 0) is 30.5 Å². The van der Waals surface area contributed by atoms with Gasteiger partial charge in [0.2, 0.25) is 0 Å². The van der Waals surface area contributed by atoms with Crippen LogP contribution < -0.4 is 4.74 Å². The van der Waals surface area contributed by atoms with Crippen LogP contribution in [-0.2, 0) is 9.53 Å². The first kappa shape index (κ1) is 20.2. The fourth-order valence-electron chi connectivity index (χ4n) is 2.99. The summed E-state index contributed by atoms with van der Waals surface area (Å²) in [6.45, 7) is 3.36. The maximum absolute atomic E-state index is 10.7. The van der Waals surface area contributed by atoms with Gasteiger partial charge in [-0.3, -0.25) is 9.69 Å². The Bertz CT molecular complexity index is 582. The summed E-state index contributed by atoms with van der Waals surface area (Å²) in [5.74, 6) is 0.0870. The molecule has 1 heterocycles. The summed E-state index contributed by atoms with van der Waals surface area (Å²) in [4.78, 5) is 12.9. The summed E-state index contributed by atoms with van der Waals surface area (Å²) >= 11 is 0. The van der Waals surface area contributed by atoms with Crippen LogP contribution in [0.2, 0.25) is 0 Å². The molecule has 1 aliphatic heterocycles. The fraction of sp³-hybridized carbons (Fsp3) is 0.600. The van der Waals surface area contributed by atoms with Crippen molar-refractivity contribution in [1.29, 1.82) is 5.26 Å². The number of hydrogen-bond donors (Lipinski definition) is 1. The third-order valence-electron chi connectivity index (χ3n) is 4.50. The minimum atomic E-state index is -0.764. The fourth-order valence-corrected chi connectivity index (χ4v) is 2.99. The van der Waals surface area contributed by atoms with Crippen molar-refractivity contribution < 1.29 is 19.4 Å². The first-order valence-electron chi connectivity index (χ1n) is 9.34. The molecule has 6 nitrogen and oxygen atoms in total. The molecule has 6 heteroatoms. The molecule has 1 N–H and O–H groups in total. The van der Waals surface area contributed by atoms with Gasteiger partial charge in [0.1, 0.15) is 5.75 Å². The molecular formula is C20H28N2O4. The Labute approximate surface area is 155 Å². The van der Waals surface area contributed by atoms with Gasteiger partial charge < -0.3 is 14.6 Å². The zero-order valence-electron chi connectivity index (χ0n) is 15.2. The molecule has 1 aromatic carbocycles. The quantitative estimate of drug-likeness (QED) is 0.609. The lowest BCUT2D eigenvalue weighted by Gasteiger charge is -2.32. The average Bonchev–Trinajstić information content (AvgIpc) is 2.66. The third-order valence-corrected chi connectivity index (χ3v) is 4.50. The number of carboxylic acids is 1. The molecule has 0 bridgehead atoms. The first-order chi connectivity index (χ1) is 12.7. The van der Waals surface area contributed by atoms with Gasteiger partial charge in [0.15, 0.2) is 0 Å². The number of unbranched alkanes of at least 4 members (excludes halogenated alkanes) is 4. The summed E-state index contributed by atoms with van der Waals surface area (Å²) in [5, 5.41) is 17.3. The van der Waals surface area contributed by atoms with E-state index >= 15 is 0 Å². The third kappa shape index (κ3) is 7.42. The molecule has 0 radical (unpaired) electrons. The Morgan fingerprint density at radius 1 is 1.27 bits per heavy atom. The summed E-state index contributed by atoms with van der Waals surface area (Å²) in [7, 11) is 0. The van der Waals surface area contributed by atoms with Crippen LogP contribution >= 0.6 is 0 Å². The summed E-state index contributed by atoms with van der Waals surface area (Å²) in [6.07, 6.45) is 4.91. The minimum absolute atomic E-state index is 0.0215. The van der Waals surface area contributed by atoms with Gasteiger partial charge >= 0.3 is 5.97 Å². The average molecular weight is 360 g/mol. The number of nitriles is 1. The van der Waals surface area contributed by atoms with E-state index < -0.39 is 5.97 Å². The number of nitrogens with zero attached hydrogens (tertiary/aromatic N) is 2. The van der Waals surface area contributed by atoms with E-state index in [2.05, 4.69) is 11.0 Å². The van der Waals surface area contributed by atoms with Crippen molar-refractivity contribution >= 4 is 5.97 Å². The van der Waals surface area contributed by atoms with Gasteiger partial charge in [-0.1, -0.05) is 25.0 Å². The van der Waals surface area contributed by atoms with E-state index in [0.717, 1.165) is 50.1 Å². The minimum Gasteiger partial charge on any atom is -0.494 e. The second-order valence-corrected chi connectivity index (χ2v) is 6.54. The second kappa shape index (κ2) is 11.5. The molecule has 1 atom stereocenters. The number of aliphatic carboxylic acids is 1. The number of benzene rings is 1. The Balaban J connectivity index is 1.71. The van der Waals surface area contributed by atoms with Crippen molar-refractivity contribution in [3.05, 3.63) is 29.8 Å². The lowest BCUT2D eigenvalue weighted by molar-refractivity contribution is -0.137. The maximum Gasteiger partial charge on any atom is 0.304 e. The SMILES string of the molecule is N#CCCCCCCOc1ccc(C2CN(CCC(=O)O)CCO2)cc1. The van der Waals surface area contributed by atoms with Crippen LogP contribution in [0.15, 0.2) is 24.3 Å². The molecule has 1 fully saturated rings. The van der Waals surface area contributed by atoms with Crippen molar-refractivity contribution in [2.24, 2.45) is 0 Å². The van der Waals surface area contributed by atoms with E-state index in [9.17, 15) is 4.79 Å². The molecule has 26 heavy (non-hydrogen) atoms. The summed E-state index contributed by atoms with van der Waals surface area (Å²) < 4.78 is 11.6. The Morgan fingerprint density at radius 3 is 2.77 bits per heavy atom. The highest BCUT2D eigenvalue weighted by atomic mass is 16.5. The van der Waals surface area contributed by atoms with E-state index in [4.69, 9.17) is 19.8 Å². The number of carbonyl (C=O) groups is 1. The number of morpholine rings is 1. The van der Waals surface area contributed by atoms with Crippen molar-refractivity contribution in [2.75, 3.05) is 32.8 Å². The molecule has 0 aromatic heterocycles. The summed E-state index contributed by atoms with van der Waals surface area (Å²) in [6, 6.07) is 10.1. The largest absolute Gasteiger partial charge is 0.494 e.